The highest BCUT2D eigenvalue weighted by Crippen LogP contribution is 2.27. The molecule has 13 heteroatoms. The van der Waals surface area contributed by atoms with Gasteiger partial charge in [-0.15, -0.1) is 0 Å². The predicted molar refractivity (Wildman–Crippen MR) is 148 cm³/mol. The number of ether oxygens (including phenoxy) is 3. The van der Waals surface area contributed by atoms with E-state index in [0.717, 1.165) is 44.5 Å². The maximum absolute atomic E-state index is 14.8. The Morgan fingerprint density at radius 3 is 2.64 bits per heavy atom. The van der Waals surface area contributed by atoms with Gasteiger partial charge in [-0.05, 0) is 43.5 Å². The van der Waals surface area contributed by atoms with Crippen LogP contribution in [0.2, 0.25) is 5.02 Å². The van der Waals surface area contributed by atoms with E-state index in [4.69, 9.17) is 25.8 Å². The number of rotatable bonds is 10. The van der Waals surface area contributed by atoms with Gasteiger partial charge in [-0.2, -0.15) is 0 Å². The number of carboxylic acids is 1. The Hall–Kier alpha value is -3.87. The van der Waals surface area contributed by atoms with Crippen molar-refractivity contribution in [3.8, 4) is 11.6 Å². The molecule has 220 valence electrons. The van der Waals surface area contributed by atoms with Gasteiger partial charge in [0.15, 0.2) is 11.6 Å². The van der Waals surface area contributed by atoms with Crippen LogP contribution in [0, 0.1) is 11.6 Å². The van der Waals surface area contributed by atoms with Crippen LogP contribution in [0.4, 0.5) is 8.78 Å². The van der Waals surface area contributed by atoms with Crippen LogP contribution in [0.3, 0.4) is 0 Å². The van der Waals surface area contributed by atoms with Crippen LogP contribution >= 0.6 is 11.6 Å². The van der Waals surface area contributed by atoms with Crippen molar-refractivity contribution >= 4 is 28.6 Å². The van der Waals surface area contributed by atoms with Crippen molar-refractivity contribution < 1.29 is 32.9 Å². The molecule has 0 unspecified atom stereocenters. The summed E-state index contributed by atoms with van der Waals surface area (Å²) in [7, 11) is 0. The van der Waals surface area contributed by atoms with Crippen LogP contribution in [0.5, 0.6) is 11.6 Å². The lowest BCUT2D eigenvalue weighted by Crippen LogP contribution is -2.39. The summed E-state index contributed by atoms with van der Waals surface area (Å²) in [5.74, 6) is -1.33. The number of aromatic carboxylic acids is 1. The van der Waals surface area contributed by atoms with Crippen LogP contribution in [0.15, 0.2) is 42.7 Å². The summed E-state index contributed by atoms with van der Waals surface area (Å²) in [5.41, 5.74) is 1.08. The van der Waals surface area contributed by atoms with Crippen molar-refractivity contribution in [2.75, 3.05) is 19.7 Å². The largest absolute Gasteiger partial charge is 0.490 e. The first-order valence-electron chi connectivity index (χ1n) is 13.6. The Bertz CT molecular complexity index is 1610. The van der Waals surface area contributed by atoms with Crippen LogP contribution in [-0.2, 0) is 24.4 Å². The molecule has 2 saturated heterocycles. The second kappa shape index (κ2) is 12.2. The number of imidazole rings is 1. The highest BCUT2D eigenvalue weighted by Gasteiger charge is 2.27. The van der Waals surface area contributed by atoms with Crippen molar-refractivity contribution in [2.45, 2.75) is 51.2 Å². The number of hydrogen-bond acceptors (Lipinski definition) is 8. The van der Waals surface area contributed by atoms with E-state index in [1.807, 2.05) is 4.57 Å². The van der Waals surface area contributed by atoms with Gasteiger partial charge in [0.2, 0.25) is 0 Å². The van der Waals surface area contributed by atoms with Gasteiger partial charge < -0.3 is 23.9 Å². The van der Waals surface area contributed by atoms with Crippen molar-refractivity contribution in [1.82, 2.24) is 24.4 Å². The fourth-order valence-electron chi connectivity index (χ4n) is 5.15. The third-order valence-corrected chi connectivity index (χ3v) is 7.64. The standard InChI is InChI=1S/C29H28ClF2N5O5/c30-18-11-24(32)28(34-13-18)41-16-19-12-21(1-5-33-19)42-20-2-6-36(7-3-20)15-26-35-27-23(31)9-17(29(38)39)10-25(27)37(26)14-22-4-8-40-22/h1,5,9-13,20,22H,2-4,6-8,14-16H2,(H,38,39)/t22-/m0/s1. The average Bonchev–Trinajstić information content (AvgIpc) is 3.28. The third kappa shape index (κ3) is 6.30. The normalized spacial score (nSPS) is 17.7. The molecule has 1 aromatic carbocycles. The minimum absolute atomic E-state index is 0.00559. The molecule has 0 spiro atoms. The Kier molecular flexibility index (Phi) is 8.18. The molecule has 1 atom stereocenters. The number of piperidine rings is 1. The molecule has 2 aliphatic rings. The van der Waals surface area contributed by atoms with E-state index in [1.165, 1.54) is 12.3 Å². The Morgan fingerprint density at radius 1 is 1.12 bits per heavy atom. The molecule has 6 rings (SSSR count). The molecule has 0 amide bonds. The van der Waals surface area contributed by atoms with E-state index < -0.39 is 17.6 Å². The summed E-state index contributed by atoms with van der Waals surface area (Å²) in [6.07, 6.45) is 5.31. The number of halogens is 3. The fraction of sp³-hybridized carbons (Fsp3) is 0.379. The lowest BCUT2D eigenvalue weighted by Gasteiger charge is -2.32. The number of benzene rings is 1. The van der Waals surface area contributed by atoms with E-state index in [9.17, 15) is 18.7 Å². The lowest BCUT2D eigenvalue weighted by atomic mass is 10.1. The number of carbonyl (C=O) groups is 1. The predicted octanol–water partition coefficient (Wildman–Crippen LogP) is 4.87. The van der Waals surface area contributed by atoms with Gasteiger partial charge in [-0.3, -0.25) is 9.88 Å². The molecule has 42 heavy (non-hydrogen) atoms. The van der Waals surface area contributed by atoms with Crippen LogP contribution < -0.4 is 9.47 Å². The van der Waals surface area contributed by atoms with E-state index in [2.05, 4.69) is 19.9 Å². The summed E-state index contributed by atoms with van der Waals surface area (Å²) in [5, 5.41) is 9.62. The van der Waals surface area contributed by atoms with Gasteiger partial charge >= 0.3 is 5.97 Å². The summed E-state index contributed by atoms with van der Waals surface area (Å²) < 4.78 is 47.9. The first kappa shape index (κ1) is 28.3. The van der Waals surface area contributed by atoms with Crippen LogP contribution in [-0.4, -0.2) is 67.4 Å². The minimum atomic E-state index is -1.19. The van der Waals surface area contributed by atoms with Gasteiger partial charge in [0.1, 0.15) is 29.8 Å². The molecule has 4 aromatic rings. The number of fused-ring (bicyclic) bond motifs is 1. The van der Waals surface area contributed by atoms with Gasteiger partial charge in [0, 0.05) is 38.2 Å². The van der Waals surface area contributed by atoms with Crippen LogP contribution in [0.1, 0.15) is 41.1 Å². The SMILES string of the molecule is O=C(O)c1cc(F)c2nc(CN3CCC(Oc4ccnc(COc5ncc(Cl)cc5F)c4)CC3)n(C[C@@H]3CCO3)c2c1. The fourth-order valence-corrected chi connectivity index (χ4v) is 5.29. The highest BCUT2D eigenvalue weighted by atomic mass is 35.5. The smallest absolute Gasteiger partial charge is 0.335 e. The number of aromatic nitrogens is 4. The molecule has 3 aromatic heterocycles. The third-order valence-electron chi connectivity index (χ3n) is 7.43. The summed E-state index contributed by atoms with van der Waals surface area (Å²) in [6, 6.07) is 7.15. The van der Waals surface area contributed by atoms with Gasteiger partial charge in [-0.25, -0.2) is 23.5 Å². The minimum Gasteiger partial charge on any atom is -0.490 e. The van der Waals surface area contributed by atoms with Gasteiger partial charge in [-0.1, -0.05) is 11.6 Å². The second-order valence-electron chi connectivity index (χ2n) is 10.4. The molecule has 10 nitrogen and oxygen atoms in total. The number of hydrogen-bond donors (Lipinski definition) is 1. The highest BCUT2D eigenvalue weighted by molar-refractivity contribution is 6.30. The van der Waals surface area contributed by atoms with Crippen LogP contribution in [0.25, 0.3) is 11.0 Å². The van der Waals surface area contributed by atoms with Crippen molar-refractivity contribution in [3.05, 3.63) is 76.5 Å². The first-order chi connectivity index (χ1) is 20.3. The maximum Gasteiger partial charge on any atom is 0.335 e. The molecule has 1 N–H and O–H groups in total. The number of likely N-dealkylation sites (tertiary alicyclic amines) is 1. The summed E-state index contributed by atoms with van der Waals surface area (Å²) >= 11 is 5.74. The molecule has 0 bridgehead atoms. The van der Waals surface area contributed by atoms with E-state index in [-0.39, 0.29) is 40.8 Å². The Morgan fingerprint density at radius 2 is 1.93 bits per heavy atom. The topological polar surface area (TPSA) is 112 Å². The second-order valence-corrected chi connectivity index (χ2v) is 10.8. The van der Waals surface area contributed by atoms with E-state index in [0.29, 0.717) is 42.5 Å². The molecule has 0 aliphatic carbocycles. The molecule has 5 heterocycles. The number of pyridine rings is 2. The van der Waals surface area contributed by atoms with Gasteiger partial charge in [0.05, 0.1) is 41.0 Å². The Labute approximate surface area is 244 Å². The average molecular weight is 600 g/mol. The van der Waals surface area contributed by atoms with E-state index >= 15 is 0 Å². The van der Waals surface area contributed by atoms with Crippen molar-refractivity contribution in [1.29, 1.82) is 0 Å². The zero-order valence-electron chi connectivity index (χ0n) is 22.5. The zero-order valence-corrected chi connectivity index (χ0v) is 23.3. The zero-order chi connectivity index (χ0) is 29.2. The molecule has 0 saturated carbocycles. The van der Waals surface area contributed by atoms with E-state index in [1.54, 1.807) is 18.3 Å². The molecular weight excluding hydrogens is 572 g/mol. The summed E-state index contributed by atoms with van der Waals surface area (Å²) in [6.45, 7) is 3.14. The number of nitrogens with zero attached hydrogens (tertiary/aromatic N) is 5. The molecular formula is C29H28ClF2N5O5. The maximum atomic E-state index is 14.8. The Balaban J connectivity index is 1.08. The number of carboxylic acid groups (broad SMARTS) is 1. The van der Waals surface area contributed by atoms with Gasteiger partial charge in [0.25, 0.3) is 5.88 Å². The summed E-state index contributed by atoms with van der Waals surface area (Å²) in [4.78, 5) is 26.5. The monoisotopic (exact) mass is 599 g/mol. The van der Waals surface area contributed by atoms with Crippen molar-refractivity contribution in [2.24, 2.45) is 0 Å². The molecule has 0 radical (unpaired) electrons. The molecule has 2 fully saturated rings. The molecule has 2 aliphatic heterocycles. The van der Waals surface area contributed by atoms with Crippen molar-refractivity contribution in [3.63, 3.8) is 0 Å². The lowest BCUT2D eigenvalue weighted by molar-refractivity contribution is -0.0592. The first-order valence-corrected chi connectivity index (χ1v) is 14.0. The quantitative estimate of drug-likeness (QED) is 0.273.